The van der Waals surface area contributed by atoms with Gasteiger partial charge >= 0.3 is 0 Å². The second kappa shape index (κ2) is 6.41. The van der Waals surface area contributed by atoms with Crippen LogP contribution in [0.5, 0.6) is 0 Å². The lowest BCUT2D eigenvalue weighted by molar-refractivity contribution is 1.12. The zero-order chi connectivity index (χ0) is 8.69. The summed E-state index contributed by atoms with van der Waals surface area (Å²) in [5.74, 6) is 0. The van der Waals surface area contributed by atoms with Crippen molar-refractivity contribution < 1.29 is 0 Å². The molecule has 0 aromatic heterocycles. The van der Waals surface area contributed by atoms with E-state index in [0.717, 1.165) is 0 Å². The number of benzene rings is 1. The van der Waals surface area contributed by atoms with E-state index in [1.165, 1.54) is 5.56 Å². The average molecular weight is 215 g/mol. The molecule has 0 spiro atoms. The zero-order valence-corrected chi connectivity index (χ0v) is 8.93. The Morgan fingerprint density at radius 1 is 1.09 bits per heavy atom. The van der Waals surface area contributed by atoms with Crippen molar-refractivity contribution in [2.75, 3.05) is 0 Å². The largest absolute Gasteiger partial charge is 0.0842 e. The minimum atomic E-state index is 0.471. The van der Waals surface area contributed by atoms with Crippen LogP contribution in [-0.4, -0.2) is 0 Å². The third kappa shape index (κ3) is 4.20. The Hall–Kier alpha value is -0.300. The first kappa shape index (κ1) is 10.7. The summed E-state index contributed by atoms with van der Waals surface area (Å²) in [4.78, 5) is 0.471. The summed E-state index contributed by atoms with van der Waals surface area (Å²) >= 11 is 3.48. The van der Waals surface area contributed by atoms with E-state index in [2.05, 4.69) is 35.0 Å². The number of alkyl halides is 1. The maximum Gasteiger partial charge on any atom is 0.0367 e. The number of halogens is 1. The Morgan fingerprint density at radius 3 is 1.82 bits per heavy atom. The van der Waals surface area contributed by atoms with Crippen LogP contribution in [0.3, 0.4) is 0 Å². The van der Waals surface area contributed by atoms with E-state index in [0.29, 0.717) is 4.83 Å². The van der Waals surface area contributed by atoms with Gasteiger partial charge in [-0.15, -0.1) is 0 Å². The van der Waals surface area contributed by atoms with Crippen molar-refractivity contribution >= 4 is 15.9 Å². The van der Waals surface area contributed by atoms with Crippen LogP contribution in [0.2, 0.25) is 0 Å². The molecule has 62 valence electrons. The Morgan fingerprint density at radius 2 is 1.55 bits per heavy atom. The molecule has 0 saturated heterocycles. The molecule has 1 rings (SSSR count). The molecule has 0 aliphatic heterocycles. The van der Waals surface area contributed by atoms with Gasteiger partial charge in [-0.05, 0) is 12.5 Å². The first-order valence-electron chi connectivity index (χ1n) is 3.99. The fraction of sp³-hybridized carbons (Fsp3) is 0.400. The van der Waals surface area contributed by atoms with Crippen molar-refractivity contribution in [1.82, 2.24) is 0 Å². The molecule has 0 radical (unpaired) electrons. The minimum absolute atomic E-state index is 0.471. The Kier molecular flexibility index (Phi) is 6.24. The van der Waals surface area contributed by atoms with Crippen LogP contribution in [0.4, 0.5) is 0 Å². The predicted molar refractivity (Wildman–Crippen MR) is 55.1 cm³/mol. The summed E-state index contributed by atoms with van der Waals surface area (Å²) in [5.41, 5.74) is 1.33. The standard InChI is InChI=1S/C8H9Br.C2H6/c1-7(9)8-5-3-2-4-6-8;1-2/h2-7H,1H3;1-2H3. The van der Waals surface area contributed by atoms with Crippen LogP contribution in [0.15, 0.2) is 30.3 Å². The van der Waals surface area contributed by atoms with Gasteiger partial charge in [0.1, 0.15) is 0 Å². The fourth-order valence-corrected chi connectivity index (χ4v) is 1.02. The van der Waals surface area contributed by atoms with E-state index in [-0.39, 0.29) is 0 Å². The van der Waals surface area contributed by atoms with Crippen molar-refractivity contribution in [3.63, 3.8) is 0 Å². The molecule has 0 N–H and O–H groups in total. The van der Waals surface area contributed by atoms with Gasteiger partial charge in [-0.2, -0.15) is 0 Å². The summed E-state index contributed by atoms with van der Waals surface area (Å²) in [6.07, 6.45) is 0. The van der Waals surface area contributed by atoms with Crippen molar-refractivity contribution in [3.8, 4) is 0 Å². The topological polar surface area (TPSA) is 0 Å². The van der Waals surface area contributed by atoms with Crippen LogP contribution >= 0.6 is 15.9 Å². The van der Waals surface area contributed by atoms with Crippen LogP contribution in [0, 0.1) is 0 Å². The lowest BCUT2D eigenvalue weighted by Gasteiger charge is -1.99. The number of rotatable bonds is 1. The summed E-state index contributed by atoms with van der Waals surface area (Å²) in [7, 11) is 0. The molecule has 1 aromatic carbocycles. The third-order valence-corrected chi connectivity index (χ3v) is 1.79. The quantitative estimate of drug-likeness (QED) is 0.617. The molecular formula is C10H15Br. The van der Waals surface area contributed by atoms with Crippen molar-refractivity contribution in [3.05, 3.63) is 35.9 Å². The highest BCUT2D eigenvalue weighted by Crippen LogP contribution is 2.19. The van der Waals surface area contributed by atoms with E-state index in [1.54, 1.807) is 0 Å². The minimum Gasteiger partial charge on any atom is -0.0842 e. The Balaban J connectivity index is 0.000000461. The van der Waals surface area contributed by atoms with Gasteiger partial charge in [0, 0.05) is 4.83 Å². The third-order valence-electron chi connectivity index (χ3n) is 1.26. The first-order chi connectivity index (χ1) is 5.30. The van der Waals surface area contributed by atoms with E-state index in [9.17, 15) is 0 Å². The van der Waals surface area contributed by atoms with Gasteiger partial charge in [0.25, 0.3) is 0 Å². The molecule has 0 nitrogen and oxygen atoms in total. The molecule has 0 heterocycles. The lowest BCUT2D eigenvalue weighted by atomic mass is 10.2. The monoisotopic (exact) mass is 214 g/mol. The smallest absolute Gasteiger partial charge is 0.0367 e. The van der Waals surface area contributed by atoms with Crippen LogP contribution in [0.1, 0.15) is 31.2 Å². The first-order valence-corrected chi connectivity index (χ1v) is 4.91. The normalized spacial score (nSPS) is 11.3. The molecule has 1 aromatic rings. The lowest BCUT2D eigenvalue weighted by Crippen LogP contribution is -1.79. The molecule has 0 aliphatic carbocycles. The average Bonchev–Trinajstić information content (AvgIpc) is 2.10. The van der Waals surface area contributed by atoms with Gasteiger partial charge in [0.05, 0.1) is 0 Å². The highest BCUT2D eigenvalue weighted by atomic mass is 79.9. The molecule has 0 bridgehead atoms. The molecule has 1 unspecified atom stereocenters. The molecular weight excluding hydrogens is 200 g/mol. The van der Waals surface area contributed by atoms with Crippen LogP contribution < -0.4 is 0 Å². The maximum atomic E-state index is 3.48. The molecule has 0 amide bonds. The zero-order valence-electron chi connectivity index (χ0n) is 7.34. The van der Waals surface area contributed by atoms with Crippen molar-refractivity contribution in [2.24, 2.45) is 0 Å². The molecule has 0 aliphatic rings. The molecule has 11 heavy (non-hydrogen) atoms. The van der Waals surface area contributed by atoms with Crippen LogP contribution in [-0.2, 0) is 0 Å². The summed E-state index contributed by atoms with van der Waals surface area (Å²) < 4.78 is 0. The Labute approximate surface area is 77.8 Å². The van der Waals surface area contributed by atoms with Crippen molar-refractivity contribution in [2.45, 2.75) is 25.6 Å². The second-order valence-electron chi connectivity index (χ2n) is 2.03. The summed E-state index contributed by atoms with van der Waals surface area (Å²) in [6, 6.07) is 10.3. The second-order valence-corrected chi connectivity index (χ2v) is 3.40. The SMILES string of the molecule is CC.CC(Br)c1ccccc1. The predicted octanol–water partition coefficient (Wildman–Crippen LogP) is 4.17. The summed E-state index contributed by atoms with van der Waals surface area (Å²) in [6.45, 7) is 6.12. The van der Waals surface area contributed by atoms with Crippen LogP contribution in [0.25, 0.3) is 0 Å². The van der Waals surface area contributed by atoms with E-state index >= 15 is 0 Å². The van der Waals surface area contributed by atoms with Crippen molar-refractivity contribution in [1.29, 1.82) is 0 Å². The van der Waals surface area contributed by atoms with Gasteiger partial charge in [0.15, 0.2) is 0 Å². The number of hydrogen-bond donors (Lipinski definition) is 0. The van der Waals surface area contributed by atoms with Gasteiger partial charge in [-0.1, -0.05) is 60.1 Å². The van der Waals surface area contributed by atoms with Gasteiger partial charge in [-0.3, -0.25) is 0 Å². The maximum absolute atomic E-state index is 3.48. The molecule has 1 heteroatoms. The van der Waals surface area contributed by atoms with Gasteiger partial charge in [0.2, 0.25) is 0 Å². The highest BCUT2D eigenvalue weighted by molar-refractivity contribution is 9.09. The highest BCUT2D eigenvalue weighted by Gasteiger charge is 1.95. The summed E-state index contributed by atoms with van der Waals surface area (Å²) in [5, 5.41) is 0. The molecule has 1 atom stereocenters. The fourth-order valence-electron chi connectivity index (χ4n) is 0.718. The molecule has 0 saturated carbocycles. The van der Waals surface area contributed by atoms with E-state index < -0.39 is 0 Å². The Bertz CT molecular complexity index is 167. The van der Waals surface area contributed by atoms with E-state index in [1.807, 2.05) is 32.0 Å². The van der Waals surface area contributed by atoms with Gasteiger partial charge in [-0.25, -0.2) is 0 Å². The van der Waals surface area contributed by atoms with E-state index in [4.69, 9.17) is 0 Å². The number of hydrogen-bond acceptors (Lipinski definition) is 0. The molecule has 0 fully saturated rings. The van der Waals surface area contributed by atoms with Gasteiger partial charge < -0.3 is 0 Å².